The highest BCUT2D eigenvalue weighted by Gasteiger charge is 2.22. The fourth-order valence-electron chi connectivity index (χ4n) is 3.61. The maximum absolute atomic E-state index is 14.6. The number of halogens is 1. The lowest BCUT2D eigenvalue weighted by Crippen LogP contribution is -2.14. The van der Waals surface area contributed by atoms with Crippen molar-refractivity contribution in [2.24, 2.45) is 0 Å². The van der Waals surface area contributed by atoms with Crippen LogP contribution >= 0.6 is 0 Å². The second-order valence-corrected chi connectivity index (χ2v) is 9.09. The molecule has 0 atom stereocenters. The zero-order valence-electron chi connectivity index (χ0n) is 16.7. The van der Waals surface area contributed by atoms with Crippen LogP contribution < -0.4 is 4.72 Å². The van der Waals surface area contributed by atoms with Gasteiger partial charge in [-0.05, 0) is 44.0 Å². The van der Waals surface area contributed by atoms with E-state index in [-0.39, 0.29) is 21.8 Å². The molecule has 162 valence electrons. The minimum absolute atomic E-state index is 0.116. The third-order valence-corrected chi connectivity index (χ3v) is 6.64. The molecule has 0 saturated heterocycles. The Morgan fingerprint density at radius 1 is 1.13 bits per heavy atom. The number of nitro benzene ring substituents is 1. The molecule has 2 heterocycles. The highest BCUT2D eigenvalue weighted by molar-refractivity contribution is 7.92. The Hall–Kier alpha value is -3.34. The van der Waals surface area contributed by atoms with E-state index >= 15 is 0 Å². The number of hydrogen-bond donors (Lipinski definition) is 1. The van der Waals surface area contributed by atoms with E-state index in [2.05, 4.69) is 14.9 Å². The molecule has 3 aromatic rings. The summed E-state index contributed by atoms with van der Waals surface area (Å²) in [4.78, 5) is 10.3. The number of anilines is 1. The van der Waals surface area contributed by atoms with Gasteiger partial charge in [-0.25, -0.2) is 12.8 Å². The van der Waals surface area contributed by atoms with Gasteiger partial charge in [0.05, 0.1) is 15.4 Å². The first-order valence-corrected chi connectivity index (χ1v) is 11.2. The molecule has 0 radical (unpaired) electrons. The third-order valence-electron chi connectivity index (χ3n) is 5.26. The summed E-state index contributed by atoms with van der Waals surface area (Å²) in [5.41, 5.74) is 0.302. The van der Waals surface area contributed by atoms with Crippen molar-refractivity contribution in [2.75, 3.05) is 4.72 Å². The largest absolute Gasteiger partial charge is 0.311 e. The fourth-order valence-corrected chi connectivity index (χ4v) is 4.68. The summed E-state index contributed by atoms with van der Waals surface area (Å²) in [6.45, 7) is 2.19. The second-order valence-electron chi connectivity index (χ2n) is 7.41. The first-order valence-electron chi connectivity index (χ1n) is 9.76. The lowest BCUT2D eigenvalue weighted by molar-refractivity contribution is -0.385. The highest BCUT2D eigenvalue weighted by atomic mass is 32.2. The molecule has 0 saturated carbocycles. The van der Waals surface area contributed by atoms with Crippen LogP contribution in [0.25, 0.3) is 11.4 Å². The van der Waals surface area contributed by atoms with Crippen LogP contribution in [0.2, 0.25) is 0 Å². The van der Waals surface area contributed by atoms with Crippen molar-refractivity contribution in [1.29, 1.82) is 0 Å². The Balaban J connectivity index is 1.69. The number of nitrogens with one attached hydrogen (secondary N) is 1. The molecule has 0 aliphatic carbocycles. The quantitative estimate of drug-likeness (QED) is 0.471. The Bertz CT molecular complexity index is 1270. The van der Waals surface area contributed by atoms with Gasteiger partial charge in [-0.1, -0.05) is 12.5 Å². The molecule has 4 rings (SSSR count). The van der Waals surface area contributed by atoms with E-state index < -0.39 is 20.8 Å². The van der Waals surface area contributed by atoms with Crippen molar-refractivity contribution in [3.8, 4) is 11.4 Å². The summed E-state index contributed by atoms with van der Waals surface area (Å²) in [6.07, 6.45) is 3.72. The van der Waals surface area contributed by atoms with Gasteiger partial charge in [-0.2, -0.15) is 0 Å². The molecule has 0 bridgehead atoms. The van der Waals surface area contributed by atoms with Gasteiger partial charge >= 0.3 is 0 Å². The smallest absolute Gasteiger partial charge is 0.273 e. The number of nitrogens with zero attached hydrogens (tertiary/aromatic N) is 4. The Labute approximate surface area is 178 Å². The molecule has 9 nitrogen and oxygen atoms in total. The van der Waals surface area contributed by atoms with E-state index in [4.69, 9.17) is 0 Å². The summed E-state index contributed by atoms with van der Waals surface area (Å²) >= 11 is 0. The number of fused-ring (bicyclic) bond motifs is 1. The fraction of sp³-hybridized carbons (Fsp3) is 0.300. The molecule has 0 unspecified atom stereocenters. The summed E-state index contributed by atoms with van der Waals surface area (Å²) in [5.74, 6) is 0.583. The van der Waals surface area contributed by atoms with Gasteiger partial charge in [0.2, 0.25) is 0 Å². The molecule has 1 aliphatic rings. The highest BCUT2D eigenvalue weighted by Crippen LogP contribution is 2.29. The molecule has 0 spiro atoms. The monoisotopic (exact) mass is 445 g/mol. The predicted octanol–water partition coefficient (Wildman–Crippen LogP) is 3.83. The van der Waals surface area contributed by atoms with E-state index in [1.165, 1.54) is 31.2 Å². The Morgan fingerprint density at radius 3 is 2.71 bits per heavy atom. The summed E-state index contributed by atoms with van der Waals surface area (Å²) in [6, 6.07) is 7.46. The van der Waals surface area contributed by atoms with Crippen LogP contribution in [0.5, 0.6) is 0 Å². The van der Waals surface area contributed by atoms with Crippen LogP contribution in [0.4, 0.5) is 15.8 Å². The molecule has 11 heteroatoms. The second kappa shape index (κ2) is 8.06. The van der Waals surface area contributed by atoms with Crippen LogP contribution in [0.15, 0.2) is 41.3 Å². The minimum Gasteiger partial charge on any atom is -0.311 e. The molecule has 0 amide bonds. The normalized spacial score (nSPS) is 14.0. The van der Waals surface area contributed by atoms with E-state index in [0.29, 0.717) is 17.9 Å². The van der Waals surface area contributed by atoms with Crippen LogP contribution in [0.1, 0.15) is 30.7 Å². The average molecular weight is 445 g/mol. The molecular formula is C20H20FN5O4S. The number of hydrogen-bond acceptors (Lipinski definition) is 6. The van der Waals surface area contributed by atoms with Crippen molar-refractivity contribution < 1.29 is 17.7 Å². The van der Waals surface area contributed by atoms with Crippen LogP contribution in [0.3, 0.4) is 0 Å². The van der Waals surface area contributed by atoms with E-state index in [1.54, 1.807) is 0 Å². The van der Waals surface area contributed by atoms with Gasteiger partial charge in [0.15, 0.2) is 5.82 Å². The van der Waals surface area contributed by atoms with Gasteiger partial charge in [-0.3, -0.25) is 14.8 Å². The molecule has 1 N–H and O–H groups in total. The number of benzene rings is 2. The van der Waals surface area contributed by atoms with Crippen molar-refractivity contribution in [1.82, 2.24) is 14.8 Å². The SMILES string of the molecule is Cc1ccc(S(=O)(=O)Nc2ccc(F)c(-c3nnc4n3CCCCC4)c2)cc1[N+](=O)[O-]. The lowest BCUT2D eigenvalue weighted by atomic mass is 10.1. The summed E-state index contributed by atoms with van der Waals surface area (Å²) in [7, 11) is -4.13. The van der Waals surface area contributed by atoms with E-state index in [1.807, 2.05) is 4.57 Å². The maximum Gasteiger partial charge on any atom is 0.273 e. The van der Waals surface area contributed by atoms with E-state index in [0.717, 1.165) is 43.6 Å². The van der Waals surface area contributed by atoms with Crippen molar-refractivity contribution in [3.63, 3.8) is 0 Å². The number of aromatic nitrogens is 3. The minimum atomic E-state index is -4.13. The van der Waals surface area contributed by atoms with Crippen molar-refractivity contribution in [2.45, 2.75) is 44.0 Å². The predicted molar refractivity (Wildman–Crippen MR) is 112 cm³/mol. The number of aryl methyl sites for hydroxylation is 2. The molecule has 1 aliphatic heterocycles. The summed E-state index contributed by atoms with van der Waals surface area (Å²) in [5, 5.41) is 19.4. The van der Waals surface area contributed by atoms with Crippen LogP contribution in [-0.4, -0.2) is 28.1 Å². The first-order chi connectivity index (χ1) is 14.8. The zero-order chi connectivity index (χ0) is 22.2. The van der Waals surface area contributed by atoms with Crippen molar-refractivity contribution in [3.05, 3.63) is 63.7 Å². The Kier molecular flexibility index (Phi) is 5.44. The third kappa shape index (κ3) is 4.13. The van der Waals surface area contributed by atoms with Gasteiger partial charge in [0.25, 0.3) is 15.7 Å². The summed E-state index contributed by atoms with van der Waals surface area (Å²) < 4.78 is 44.4. The maximum atomic E-state index is 14.6. The standard InChI is InChI=1S/C20H20FN5O4S/c1-13-6-8-15(12-18(13)26(27)28)31(29,30)24-14-7-9-17(21)16(11-14)20-23-22-19-5-3-2-4-10-25(19)20/h6-9,11-12,24H,2-5,10H2,1H3. The van der Waals surface area contributed by atoms with Crippen molar-refractivity contribution >= 4 is 21.4 Å². The number of nitro groups is 1. The van der Waals surface area contributed by atoms with Gasteiger partial charge in [0.1, 0.15) is 11.6 Å². The number of rotatable bonds is 5. The molecule has 2 aromatic carbocycles. The van der Waals surface area contributed by atoms with Gasteiger partial charge < -0.3 is 4.57 Å². The molecule has 31 heavy (non-hydrogen) atoms. The molecule has 0 fully saturated rings. The average Bonchev–Trinajstić information content (AvgIpc) is 2.96. The lowest BCUT2D eigenvalue weighted by Gasteiger charge is -2.12. The van der Waals surface area contributed by atoms with E-state index in [9.17, 15) is 22.9 Å². The first kappa shape index (κ1) is 20.9. The Morgan fingerprint density at radius 2 is 1.94 bits per heavy atom. The zero-order valence-corrected chi connectivity index (χ0v) is 17.5. The topological polar surface area (TPSA) is 120 Å². The van der Waals surface area contributed by atoms with Crippen LogP contribution in [0, 0.1) is 22.9 Å². The van der Waals surface area contributed by atoms with Gasteiger partial charge in [0, 0.05) is 30.3 Å². The molecular weight excluding hydrogens is 425 g/mol. The van der Waals surface area contributed by atoms with Crippen LogP contribution in [-0.2, 0) is 23.0 Å². The molecule has 1 aromatic heterocycles. The van der Waals surface area contributed by atoms with Gasteiger partial charge in [-0.15, -0.1) is 10.2 Å². The number of sulfonamides is 1.